The van der Waals surface area contributed by atoms with Crippen LogP contribution in [0.25, 0.3) is 11.0 Å². The van der Waals surface area contributed by atoms with Crippen LogP contribution in [0.15, 0.2) is 28.7 Å². The van der Waals surface area contributed by atoms with Crippen molar-refractivity contribution in [2.75, 3.05) is 47.4 Å². The molecule has 0 radical (unpaired) electrons. The van der Waals surface area contributed by atoms with Gasteiger partial charge in [0.05, 0.1) is 13.7 Å². The predicted octanol–water partition coefficient (Wildman–Crippen LogP) is 2.99. The lowest BCUT2D eigenvalue weighted by atomic mass is 9.87. The van der Waals surface area contributed by atoms with Crippen LogP contribution in [0.5, 0.6) is 5.75 Å². The molecule has 2 amide bonds. The molecular formula is C23H31N3O4. The van der Waals surface area contributed by atoms with Crippen LogP contribution in [-0.2, 0) is 4.79 Å². The van der Waals surface area contributed by atoms with Crippen molar-refractivity contribution < 1.29 is 18.7 Å². The molecule has 0 bridgehead atoms. The van der Waals surface area contributed by atoms with Gasteiger partial charge in [0.1, 0.15) is 0 Å². The number of para-hydroxylation sites is 1. The Bertz CT molecular complexity index is 938. The maximum absolute atomic E-state index is 13.2. The quantitative estimate of drug-likeness (QED) is 0.771. The Morgan fingerprint density at radius 2 is 1.90 bits per heavy atom. The topological polar surface area (TPSA) is 66.2 Å². The molecular weight excluding hydrogens is 382 g/mol. The Balaban J connectivity index is 1.49. The number of hydrogen-bond donors (Lipinski definition) is 0. The zero-order valence-electron chi connectivity index (χ0n) is 18.1. The minimum atomic E-state index is -0.0702. The van der Waals surface area contributed by atoms with Crippen molar-refractivity contribution in [1.29, 1.82) is 0 Å². The number of likely N-dealkylation sites (N-methyl/N-ethyl adjacent to an activating group) is 1. The molecule has 1 spiro atoms. The van der Waals surface area contributed by atoms with Crippen molar-refractivity contribution in [3.8, 4) is 5.75 Å². The van der Waals surface area contributed by atoms with E-state index in [4.69, 9.17) is 9.15 Å². The summed E-state index contributed by atoms with van der Waals surface area (Å²) >= 11 is 0. The molecule has 1 atom stereocenters. The van der Waals surface area contributed by atoms with Crippen LogP contribution in [-0.4, -0.2) is 79.4 Å². The van der Waals surface area contributed by atoms with Crippen LogP contribution in [0.1, 0.15) is 42.7 Å². The summed E-state index contributed by atoms with van der Waals surface area (Å²) in [7, 11) is 5.21. The van der Waals surface area contributed by atoms with Crippen molar-refractivity contribution in [1.82, 2.24) is 14.7 Å². The van der Waals surface area contributed by atoms with Gasteiger partial charge in [-0.15, -0.1) is 0 Å². The van der Waals surface area contributed by atoms with E-state index in [1.165, 1.54) is 0 Å². The van der Waals surface area contributed by atoms with E-state index >= 15 is 0 Å². The lowest BCUT2D eigenvalue weighted by Crippen LogP contribution is -2.48. The lowest BCUT2D eigenvalue weighted by molar-refractivity contribution is -0.131. The zero-order valence-corrected chi connectivity index (χ0v) is 18.1. The molecule has 1 aromatic heterocycles. The molecule has 2 aliphatic heterocycles. The van der Waals surface area contributed by atoms with E-state index in [2.05, 4.69) is 4.90 Å². The molecule has 1 aromatic carbocycles. The number of ether oxygens (including phenoxy) is 1. The highest BCUT2D eigenvalue weighted by Gasteiger charge is 2.43. The summed E-state index contributed by atoms with van der Waals surface area (Å²) in [5.74, 6) is 1.06. The Labute approximate surface area is 177 Å². The number of hydrogen-bond acceptors (Lipinski definition) is 5. The summed E-state index contributed by atoms with van der Waals surface area (Å²) in [5, 5.41) is 0.869. The van der Waals surface area contributed by atoms with Crippen molar-refractivity contribution in [3.05, 3.63) is 30.0 Å². The minimum absolute atomic E-state index is 0.0256. The van der Waals surface area contributed by atoms with Crippen LogP contribution >= 0.6 is 0 Å². The number of furan rings is 1. The fourth-order valence-corrected chi connectivity index (χ4v) is 4.95. The normalized spacial score (nSPS) is 22.4. The number of likely N-dealkylation sites (tertiary alicyclic amines) is 2. The fraction of sp³-hybridized carbons (Fsp3) is 0.565. The first-order valence-corrected chi connectivity index (χ1v) is 10.7. The summed E-state index contributed by atoms with van der Waals surface area (Å²) in [5.41, 5.74) is 0.636. The lowest BCUT2D eigenvalue weighted by Gasteiger charge is -2.38. The van der Waals surface area contributed by atoms with E-state index in [0.29, 0.717) is 36.7 Å². The number of rotatable bonds is 4. The Kier molecular flexibility index (Phi) is 5.73. The number of carbonyl (C=O) groups excluding carboxylic acids is 2. The number of methoxy groups -OCH3 is 1. The van der Waals surface area contributed by atoms with Gasteiger partial charge in [0.25, 0.3) is 5.91 Å². The third kappa shape index (κ3) is 3.78. The van der Waals surface area contributed by atoms with Gasteiger partial charge in [-0.2, -0.15) is 0 Å². The molecule has 7 nitrogen and oxygen atoms in total. The molecule has 3 heterocycles. The number of nitrogens with zero attached hydrogens (tertiary/aromatic N) is 3. The highest BCUT2D eigenvalue weighted by molar-refractivity contribution is 5.97. The molecule has 2 saturated heterocycles. The summed E-state index contributed by atoms with van der Waals surface area (Å²) in [6.07, 6.45) is 5.05. The summed E-state index contributed by atoms with van der Waals surface area (Å²) in [6.45, 7) is 2.81. The van der Waals surface area contributed by atoms with Gasteiger partial charge in [0.15, 0.2) is 17.1 Å². The first-order valence-electron chi connectivity index (χ1n) is 10.7. The van der Waals surface area contributed by atoms with E-state index in [1.54, 1.807) is 32.2 Å². The van der Waals surface area contributed by atoms with Gasteiger partial charge in [-0.1, -0.05) is 12.1 Å². The van der Waals surface area contributed by atoms with Crippen molar-refractivity contribution in [2.45, 2.75) is 37.6 Å². The first-order chi connectivity index (χ1) is 14.4. The maximum Gasteiger partial charge on any atom is 0.289 e. The molecule has 30 heavy (non-hydrogen) atoms. The van der Waals surface area contributed by atoms with Crippen LogP contribution < -0.4 is 4.74 Å². The monoisotopic (exact) mass is 413 g/mol. The second-order valence-corrected chi connectivity index (χ2v) is 8.67. The summed E-state index contributed by atoms with van der Waals surface area (Å²) < 4.78 is 11.2. The third-order valence-corrected chi connectivity index (χ3v) is 6.71. The van der Waals surface area contributed by atoms with E-state index in [9.17, 15) is 9.59 Å². The molecule has 2 aliphatic rings. The van der Waals surface area contributed by atoms with Crippen molar-refractivity contribution >= 4 is 22.8 Å². The average molecular weight is 414 g/mol. The SMILES string of the molecule is COc1cccc2cc(C(=O)N3CCCC4(CCCN4CC(=O)N(C)C)CC3)oc12. The number of benzene rings is 1. The molecule has 4 rings (SSSR count). The van der Waals surface area contributed by atoms with Crippen LogP contribution in [0.4, 0.5) is 0 Å². The Morgan fingerprint density at radius 3 is 2.63 bits per heavy atom. The summed E-state index contributed by atoms with van der Waals surface area (Å²) in [4.78, 5) is 31.4. The Morgan fingerprint density at radius 1 is 1.13 bits per heavy atom. The van der Waals surface area contributed by atoms with Crippen LogP contribution in [0, 0.1) is 0 Å². The highest BCUT2D eigenvalue weighted by atomic mass is 16.5. The molecule has 2 aromatic rings. The summed E-state index contributed by atoms with van der Waals surface area (Å²) in [6, 6.07) is 7.45. The highest BCUT2D eigenvalue weighted by Crippen LogP contribution is 2.38. The number of amides is 2. The Hall–Kier alpha value is -2.54. The number of fused-ring (bicyclic) bond motifs is 1. The first kappa shape index (κ1) is 20.7. The molecule has 0 aliphatic carbocycles. The molecule has 162 valence electrons. The van der Waals surface area contributed by atoms with Crippen LogP contribution in [0.3, 0.4) is 0 Å². The van der Waals surface area contributed by atoms with E-state index in [0.717, 1.165) is 44.0 Å². The second kappa shape index (κ2) is 8.30. The molecule has 7 heteroatoms. The van der Waals surface area contributed by atoms with Gasteiger partial charge in [-0.25, -0.2) is 0 Å². The zero-order chi connectivity index (χ0) is 21.3. The van der Waals surface area contributed by atoms with Gasteiger partial charge >= 0.3 is 0 Å². The molecule has 0 saturated carbocycles. The van der Waals surface area contributed by atoms with Crippen molar-refractivity contribution in [3.63, 3.8) is 0 Å². The smallest absolute Gasteiger partial charge is 0.289 e. The molecule has 0 N–H and O–H groups in total. The average Bonchev–Trinajstić information content (AvgIpc) is 3.27. The standard InChI is InChI=1S/C23H31N3O4/c1-24(2)20(27)16-26-13-6-10-23(26)9-5-12-25(14-11-23)22(28)19-15-17-7-4-8-18(29-3)21(17)30-19/h4,7-8,15H,5-6,9-14,16H2,1-3H3. The van der Waals surface area contributed by atoms with Gasteiger partial charge in [0.2, 0.25) is 5.91 Å². The minimum Gasteiger partial charge on any atom is -0.493 e. The van der Waals surface area contributed by atoms with Gasteiger partial charge < -0.3 is 19.0 Å². The van der Waals surface area contributed by atoms with Crippen molar-refractivity contribution in [2.24, 2.45) is 0 Å². The van der Waals surface area contributed by atoms with Gasteiger partial charge in [0, 0.05) is 38.1 Å². The molecule has 2 fully saturated rings. The predicted molar refractivity (Wildman–Crippen MR) is 115 cm³/mol. The van der Waals surface area contributed by atoms with Gasteiger partial charge in [-0.05, 0) is 50.8 Å². The van der Waals surface area contributed by atoms with E-state index in [-0.39, 0.29) is 17.4 Å². The largest absolute Gasteiger partial charge is 0.493 e. The van der Waals surface area contributed by atoms with E-state index < -0.39 is 0 Å². The second-order valence-electron chi connectivity index (χ2n) is 8.67. The number of carbonyl (C=O) groups is 2. The maximum atomic E-state index is 13.2. The van der Waals surface area contributed by atoms with E-state index in [1.807, 2.05) is 23.1 Å². The third-order valence-electron chi connectivity index (χ3n) is 6.71. The van der Waals surface area contributed by atoms with Gasteiger partial charge in [-0.3, -0.25) is 14.5 Å². The van der Waals surface area contributed by atoms with Crippen LogP contribution in [0.2, 0.25) is 0 Å². The molecule has 1 unspecified atom stereocenters. The fourth-order valence-electron chi connectivity index (χ4n) is 4.95.